The van der Waals surface area contributed by atoms with Gasteiger partial charge in [0.25, 0.3) is 0 Å². The van der Waals surface area contributed by atoms with Gasteiger partial charge >= 0.3 is 5.97 Å². The normalized spacial score (nSPS) is 18.6. The molecular formula is C16H20N2O3. The minimum absolute atomic E-state index is 0.00914. The van der Waals surface area contributed by atoms with E-state index in [2.05, 4.69) is 9.30 Å². The third kappa shape index (κ3) is 3.34. The molecule has 0 radical (unpaired) electrons. The Labute approximate surface area is 124 Å². The van der Waals surface area contributed by atoms with Crippen LogP contribution in [0.25, 0.3) is 6.08 Å². The van der Waals surface area contributed by atoms with Crippen LogP contribution in [0.4, 0.5) is 0 Å². The molecule has 2 rings (SSSR count). The first-order valence-corrected chi connectivity index (χ1v) is 7.05. The third-order valence-electron chi connectivity index (χ3n) is 3.85. The Morgan fingerprint density at radius 3 is 2.95 bits per heavy atom. The highest BCUT2D eigenvalue weighted by Crippen LogP contribution is 2.22. The van der Waals surface area contributed by atoms with Crippen LogP contribution in [0.2, 0.25) is 0 Å². The quantitative estimate of drug-likeness (QED) is 0.485. The van der Waals surface area contributed by atoms with Gasteiger partial charge in [-0.2, -0.15) is 5.26 Å². The second-order valence-electron chi connectivity index (χ2n) is 5.23. The minimum atomic E-state index is -0.610. The van der Waals surface area contributed by atoms with E-state index in [1.165, 1.54) is 7.11 Å². The van der Waals surface area contributed by atoms with Crippen molar-refractivity contribution < 1.29 is 14.3 Å². The van der Waals surface area contributed by atoms with Crippen LogP contribution in [0.15, 0.2) is 11.6 Å². The lowest BCUT2D eigenvalue weighted by Crippen LogP contribution is -2.16. The zero-order valence-corrected chi connectivity index (χ0v) is 12.7. The van der Waals surface area contributed by atoms with Crippen LogP contribution < -0.4 is 0 Å². The van der Waals surface area contributed by atoms with E-state index in [1.54, 1.807) is 6.08 Å². The molecule has 1 saturated heterocycles. The molecule has 2 heterocycles. The van der Waals surface area contributed by atoms with Gasteiger partial charge < -0.3 is 14.0 Å². The summed E-state index contributed by atoms with van der Waals surface area (Å²) in [4.78, 5) is 11.5. The molecular weight excluding hydrogens is 268 g/mol. The summed E-state index contributed by atoms with van der Waals surface area (Å²) in [7, 11) is 1.27. The number of ether oxygens (including phenoxy) is 2. The summed E-state index contributed by atoms with van der Waals surface area (Å²) in [6, 6.07) is 3.86. The number of rotatable bonds is 4. The zero-order chi connectivity index (χ0) is 15.4. The molecule has 1 fully saturated rings. The Kier molecular flexibility index (Phi) is 4.81. The fourth-order valence-corrected chi connectivity index (χ4v) is 2.65. The Hall–Kier alpha value is -2.06. The van der Waals surface area contributed by atoms with Gasteiger partial charge in [-0.15, -0.1) is 0 Å². The van der Waals surface area contributed by atoms with Gasteiger partial charge in [-0.3, -0.25) is 0 Å². The SMILES string of the molecule is COC(=O)C(C#N)=Cc1cc(C)n(CC2CCCO2)c1C. The van der Waals surface area contributed by atoms with Crippen molar-refractivity contribution in [3.63, 3.8) is 0 Å². The highest BCUT2D eigenvalue weighted by atomic mass is 16.5. The van der Waals surface area contributed by atoms with Gasteiger partial charge in [-0.25, -0.2) is 4.79 Å². The summed E-state index contributed by atoms with van der Waals surface area (Å²) in [6.45, 7) is 5.65. The predicted octanol–water partition coefficient (Wildman–Crippen LogP) is 2.36. The number of esters is 1. The van der Waals surface area contributed by atoms with Gasteiger partial charge in [0.05, 0.1) is 13.2 Å². The number of nitriles is 1. The third-order valence-corrected chi connectivity index (χ3v) is 3.85. The Morgan fingerprint density at radius 1 is 1.62 bits per heavy atom. The Morgan fingerprint density at radius 2 is 2.38 bits per heavy atom. The summed E-state index contributed by atoms with van der Waals surface area (Å²) < 4.78 is 12.4. The van der Waals surface area contributed by atoms with Gasteiger partial charge in [0, 0.05) is 24.5 Å². The van der Waals surface area contributed by atoms with Crippen molar-refractivity contribution in [2.45, 2.75) is 39.3 Å². The maximum Gasteiger partial charge on any atom is 0.348 e. The second kappa shape index (κ2) is 6.59. The average molecular weight is 288 g/mol. The molecule has 1 atom stereocenters. The van der Waals surface area contributed by atoms with E-state index >= 15 is 0 Å². The van der Waals surface area contributed by atoms with Crippen molar-refractivity contribution in [3.8, 4) is 6.07 Å². The number of methoxy groups -OCH3 is 1. The summed E-state index contributed by atoms with van der Waals surface area (Å²) in [5.41, 5.74) is 3.00. The summed E-state index contributed by atoms with van der Waals surface area (Å²) in [6.07, 6.45) is 4.02. The van der Waals surface area contributed by atoms with E-state index in [9.17, 15) is 4.79 Å². The number of carbonyl (C=O) groups excluding carboxylic acids is 1. The first kappa shape index (κ1) is 15.3. The molecule has 1 unspecified atom stereocenters. The number of nitrogens with zero attached hydrogens (tertiary/aromatic N) is 2. The van der Waals surface area contributed by atoms with Crippen LogP contribution in [0.5, 0.6) is 0 Å². The molecule has 0 N–H and O–H groups in total. The van der Waals surface area contributed by atoms with E-state index in [4.69, 9.17) is 10.00 Å². The maximum absolute atomic E-state index is 11.5. The summed E-state index contributed by atoms with van der Waals surface area (Å²) in [5.74, 6) is -0.610. The van der Waals surface area contributed by atoms with Gasteiger partial charge in [-0.05, 0) is 44.4 Å². The standard InChI is InChI=1S/C16H20N2O3/c1-11-7-13(8-14(9-17)16(19)20-3)12(2)18(11)10-15-5-4-6-21-15/h7-8,15H,4-6,10H2,1-3H3. The molecule has 0 aliphatic carbocycles. The topological polar surface area (TPSA) is 64.2 Å². The lowest BCUT2D eigenvalue weighted by Gasteiger charge is -2.14. The lowest BCUT2D eigenvalue weighted by atomic mass is 10.1. The number of hydrogen-bond donors (Lipinski definition) is 0. The van der Waals surface area contributed by atoms with Gasteiger partial charge in [-0.1, -0.05) is 0 Å². The molecule has 21 heavy (non-hydrogen) atoms. The first-order valence-electron chi connectivity index (χ1n) is 7.05. The van der Waals surface area contributed by atoms with E-state index in [0.29, 0.717) is 0 Å². The van der Waals surface area contributed by atoms with Gasteiger partial charge in [0.15, 0.2) is 0 Å². The maximum atomic E-state index is 11.5. The largest absolute Gasteiger partial charge is 0.465 e. The van der Waals surface area contributed by atoms with Crippen molar-refractivity contribution in [1.29, 1.82) is 5.26 Å². The molecule has 0 bridgehead atoms. The Bertz CT molecular complexity index is 602. The number of aromatic nitrogens is 1. The minimum Gasteiger partial charge on any atom is -0.465 e. The van der Waals surface area contributed by atoms with E-state index < -0.39 is 5.97 Å². The molecule has 1 aromatic rings. The zero-order valence-electron chi connectivity index (χ0n) is 12.7. The average Bonchev–Trinajstić information content (AvgIpc) is 3.08. The molecule has 0 spiro atoms. The first-order chi connectivity index (χ1) is 10.1. The van der Waals surface area contributed by atoms with Crippen LogP contribution in [0.1, 0.15) is 29.8 Å². The van der Waals surface area contributed by atoms with Crippen molar-refractivity contribution in [2.75, 3.05) is 13.7 Å². The van der Waals surface area contributed by atoms with Crippen molar-refractivity contribution in [1.82, 2.24) is 4.57 Å². The van der Waals surface area contributed by atoms with Crippen LogP contribution >= 0.6 is 0 Å². The summed E-state index contributed by atoms with van der Waals surface area (Å²) in [5, 5.41) is 9.04. The molecule has 5 heteroatoms. The number of hydrogen-bond acceptors (Lipinski definition) is 4. The van der Waals surface area contributed by atoms with Crippen LogP contribution in [0, 0.1) is 25.2 Å². The van der Waals surface area contributed by atoms with Crippen LogP contribution in [0.3, 0.4) is 0 Å². The summed E-state index contributed by atoms with van der Waals surface area (Å²) >= 11 is 0. The monoisotopic (exact) mass is 288 g/mol. The van der Waals surface area contributed by atoms with E-state index in [1.807, 2.05) is 26.0 Å². The van der Waals surface area contributed by atoms with Crippen LogP contribution in [-0.4, -0.2) is 30.4 Å². The highest BCUT2D eigenvalue weighted by Gasteiger charge is 2.19. The molecule has 1 aromatic heterocycles. The van der Waals surface area contributed by atoms with Crippen LogP contribution in [-0.2, 0) is 20.8 Å². The molecule has 1 aliphatic heterocycles. The van der Waals surface area contributed by atoms with Gasteiger partial charge in [0.1, 0.15) is 11.6 Å². The van der Waals surface area contributed by atoms with Crippen molar-refractivity contribution >= 4 is 12.0 Å². The van der Waals surface area contributed by atoms with Crippen molar-refractivity contribution in [2.24, 2.45) is 0 Å². The van der Waals surface area contributed by atoms with Crippen molar-refractivity contribution in [3.05, 3.63) is 28.6 Å². The van der Waals surface area contributed by atoms with Gasteiger partial charge in [0.2, 0.25) is 0 Å². The fourth-order valence-electron chi connectivity index (χ4n) is 2.65. The fraction of sp³-hybridized carbons (Fsp3) is 0.500. The molecule has 0 aromatic carbocycles. The predicted molar refractivity (Wildman–Crippen MR) is 78.5 cm³/mol. The number of carbonyl (C=O) groups is 1. The molecule has 112 valence electrons. The number of aryl methyl sites for hydroxylation is 1. The molecule has 1 aliphatic rings. The molecule has 0 saturated carbocycles. The Balaban J connectivity index is 2.28. The van der Waals surface area contributed by atoms with E-state index in [-0.39, 0.29) is 11.7 Å². The molecule has 0 amide bonds. The lowest BCUT2D eigenvalue weighted by molar-refractivity contribution is -0.135. The second-order valence-corrected chi connectivity index (χ2v) is 5.23. The molecule has 5 nitrogen and oxygen atoms in total. The highest BCUT2D eigenvalue weighted by molar-refractivity contribution is 5.97. The smallest absolute Gasteiger partial charge is 0.348 e. The van der Waals surface area contributed by atoms with E-state index in [0.717, 1.165) is 42.9 Å².